The van der Waals surface area contributed by atoms with Crippen LogP contribution < -0.4 is 11.5 Å². The lowest BCUT2D eigenvalue weighted by Gasteiger charge is -1.98. The van der Waals surface area contributed by atoms with Crippen LogP contribution in [0.4, 0.5) is 0 Å². The molecule has 1 unspecified atom stereocenters. The fourth-order valence-corrected chi connectivity index (χ4v) is 0.455. The first-order valence-electron chi connectivity index (χ1n) is 2.89. The Morgan fingerprint density at radius 3 is 2.62 bits per heavy atom. The molecule has 0 aliphatic carbocycles. The monoisotopic (exact) mass is 114 g/mol. The van der Waals surface area contributed by atoms with Crippen molar-refractivity contribution in [2.75, 3.05) is 0 Å². The number of rotatable bonds is 3. The molecular weight excluding hydrogens is 100 g/mol. The van der Waals surface area contributed by atoms with Crippen LogP contribution >= 0.6 is 0 Å². The maximum atomic E-state index is 5.46. The summed E-state index contributed by atoms with van der Waals surface area (Å²) in [5.41, 5.74) is 10.6. The van der Waals surface area contributed by atoms with E-state index in [-0.39, 0.29) is 0 Å². The molecule has 0 radical (unpaired) electrons. The molecule has 0 rings (SSSR count). The second kappa shape index (κ2) is 4.65. The third-order valence-corrected chi connectivity index (χ3v) is 0.925. The lowest BCUT2D eigenvalue weighted by molar-refractivity contribution is 0.676. The smallest absolute Gasteiger partial charge is 0.00134 e. The SMILES string of the molecule is CC(N)CCC=CN. The van der Waals surface area contributed by atoms with E-state index in [0.29, 0.717) is 6.04 Å². The normalized spacial score (nSPS) is 14.8. The molecule has 0 amide bonds. The van der Waals surface area contributed by atoms with Crippen LogP contribution in [0.2, 0.25) is 0 Å². The molecule has 0 saturated heterocycles. The van der Waals surface area contributed by atoms with Crippen molar-refractivity contribution in [3.63, 3.8) is 0 Å². The molecule has 0 heterocycles. The predicted octanol–water partition coefficient (Wildman–Crippen LogP) is 0.586. The molecule has 0 aromatic rings. The Balaban J connectivity index is 2.93. The van der Waals surface area contributed by atoms with Crippen LogP contribution in [0.3, 0.4) is 0 Å². The highest BCUT2D eigenvalue weighted by molar-refractivity contribution is 4.76. The van der Waals surface area contributed by atoms with Gasteiger partial charge in [-0.1, -0.05) is 6.08 Å². The summed E-state index contributed by atoms with van der Waals surface area (Å²) < 4.78 is 0. The molecular formula is C6H14N2. The summed E-state index contributed by atoms with van der Waals surface area (Å²) in [6.07, 6.45) is 5.49. The van der Waals surface area contributed by atoms with Gasteiger partial charge >= 0.3 is 0 Å². The number of nitrogens with two attached hydrogens (primary N) is 2. The molecule has 4 N–H and O–H groups in total. The van der Waals surface area contributed by atoms with E-state index >= 15 is 0 Å². The minimum absolute atomic E-state index is 0.297. The Kier molecular flexibility index (Phi) is 4.36. The molecule has 0 bridgehead atoms. The van der Waals surface area contributed by atoms with E-state index in [9.17, 15) is 0 Å². The van der Waals surface area contributed by atoms with Gasteiger partial charge in [-0.3, -0.25) is 0 Å². The molecule has 2 heteroatoms. The Bertz CT molecular complexity index is 66.9. The largest absolute Gasteiger partial charge is 0.405 e. The molecule has 8 heavy (non-hydrogen) atoms. The van der Waals surface area contributed by atoms with Crippen LogP contribution in [0.15, 0.2) is 12.3 Å². The van der Waals surface area contributed by atoms with Crippen LogP contribution in [-0.4, -0.2) is 6.04 Å². The van der Waals surface area contributed by atoms with E-state index in [1.54, 1.807) is 6.20 Å². The van der Waals surface area contributed by atoms with Gasteiger partial charge in [0.25, 0.3) is 0 Å². The lowest BCUT2D eigenvalue weighted by Crippen LogP contribution is -2.13. The van der Waals surface area contributed by atoms with Crippen molar-refractivity contribution < 1.29 is 0 Å². The summed E-state index contributed by atoms with van der Waals surface area (Å²) in [6.45, 7) is 1.99. The highest BCUT2D eigenvalue weighted by atomic mass is 14.6. The average Bonchev–Trinajstić information content (AvgIpc) is 1.66. The van der Waals surface area contributed by atoms with Crippen LogP contribution in [0, 0.1) is 0 Å². The van der Waals surface area contributed by atoms with Crippen molar-refractivity contribution in [2.45, 2.75) is 25.8 Å². The van der Waals surface area contributed by atoms with E-state index in [1.807, 2.05) is 13.0 Å². The van der Waals surface area contributed by atoms with Crippen LogP contribution in [0.5, 0.6) is 0 Å². The fraction of sp³-hybridized carbons (Fsp3) is 0.667. The molecule has 0 aromatic carbocycles. The third-order valence-electron chi connectivity index (χ3n) is 0.925. The van der Waals surface area contributed by atoms with Crippen LogP contribution in [-0.2, 0) is 0 Å². The summed E-state index contributed by atoms with van der Waals surface area (Å²) >= 11 is 0. The van der Waals surface area contributed by atoms with Gasteiger partial charge in [0.15, 0.2) is 0 Å². The number of allylic oxidation sites excluding steroid dienone is 1. The Hall–Kier alpha value is -0.500. The molecule has 1 atom stereocenters. The van der Waals surface area contributed by atoms with Gasteiger partial charge in [-0.05, 0) is 26.0 Å². The highest BCUT2D eigenvalue weighted by Gasteiger charge is 1.87. The zero-order chi connectivity index (χ0) is 6.41. The fourth-order valence-electron chi connectivity index (χ4n) is 0.455. The van der Waals surface area contributed by atoms with Gasteiger partial charge in [0.05, 0.1) is 0 Å². The van der Waals surface area contributed by atoms with E-state index in [1.165, 1.54) is 0 Å². The molecule has 2 nitrogen and oxygen atoms in total. The molecule has 0 aliphatic rings. The van der Waals surface area contributed by atoms with Gasteiger partial charge in [0.2, 0.25) is 0 Å². The Morgan fingerprint density at radius 1 is 1.62 bits per heavy atom. The molecule has 0 aromatic heterocycles. The first-order valence-corrected chi connectivity index (χ1v) is 2.89. The lowest BCUT2D eigenvalue weighted by atomic mass is 10.2. The molecule has 0 fully saturated rings. The Labute approximate surface area is 50.6 Å². The maximum absolute atomic E-state index is 5.46. The van der Waals surface area contributed by atoms with E-state index in [2.05, 4.69) is 0 Å². The van der Waals surface area contributed by atoms with Gasteiger partial charge in [-0.2, -0.15) is 0 Å². The second-order valence-corrected chi connectivity index (χ2v) is 1.98. The molecule has 0 saturated carbocycles. The quantitative estimate of drug-likeness (QED) is 0.564. The summed E-state index contributed by atoms with van der Waals surface area (Å²) in [7, 11) is 0. The van der Waals surface area contributed by atoms with Crippen molar-refractivity contribution in [3.8, 4) is 0 Å². The zero-order valence-corrected chi connectivity index (χ0v) is 5.30. The van der Waals surface area contributed by atoms with Gasteiger partial charge in [-0.25, -0.2) is 0 Å². The van der Waals surface area contributed by atoms with Gasteiger partial charge in [0, 0.05) is 6.04 Å². The van der Waals surface area contributed by atoms with Gasteiger partial charge in [0.1, 0.15) is 0 Å². The summed E-state index contributed by atoms with van der Waals surface area (Å²) in [5, 5.41) is 0. The highest BCUT2D eigenvalue weighted by Crippen LogP contribution is 1.92. The van der Waals surface area contributed by atoms with Crippen molar-refractivity contribution in [1.82, 2.24) is 0 Å². The number of hydrogen-bond donors (Lipinski definition) is 2. The van der Waals surface area contributed by atoms with E-state index in [4.69, 9.17) is 11.5 Å². The zero-order valence-electron chi connectivity index (χ0n) is 5.30. The molecule has 48 valence electrons. The summed E-state index contributed by atoms with van der Waals surface area (Å²) in [5.74, 6) is 0. The van der Waals surface area contributed by atoms with Gasteiger partial charge < -0.3 is 11.5 Å². The van der Waals surface area contributed by atoms with Crippen LogP contribution in [0.1, 0.15) is 19.8 Å². The average molecular weight is 114 g/mol. The minimum atomic E-state index is 0.297. The van der Waals surface area contributed by atoms with E-state index < -0.39 is 0 Å². The second-order valence-electron chi connectivity index (χ2n) is 1.98. The first-order chi connectivity index (χ1) is 3.77. The number of hydrogen-bond acceptors (Lipinski definition) is 2. The van der Waals surface area contributed by atoms with Crippen molar-refractivity contribution in [1.29, 1.82) is 0 Å². The topological polar surface area (TPSA) is 52.0 Å². The predicted molar refractivity (Wildman–Crippen MR) is 36.2 cm³/mol. The van der Waals surface area contributed by atoms with Crippen molar-refractivity contribution in [3.05, 3.63) is 12.3 Å². The van der Waals surface area contributed by atoms with E-state index in [0.717, 1.165) is 12.8 Å². The molecule has 0 aliphatic heterocycles. The van der Waals surface area contributed by atoms with Crippen LogP contribution in [0.25, 0.3) is 0 Å². The van der Waals surface area contributed by atoms with Gasteiger partial charge in [-0.15, -0.1) is 0 Å². The summed E-state index contributed by atoms with van der Waals surface area (Å²) in [6, 6.07) is 0.297. The first kappa shape index (κ1) is 7.50. The van der Waals surface area contributed by atoms with Crippen molar-refractivity contribution in [2.24, 2.45) is 11.5 Å². The summed E-state index contributed by atoms with van der Waals surface area (Å²) in [4.78, 5) is 0. The van der Waals surface area contributed by atoms with Crippen molar-refractivity contribution >= 4 is 0 Å². The maximum Gasteiger partial charge on any atom is 0.00134 e. The third kappa shape index (κ3) is 5.50. The molecule has 0 spiro atoms. The Morgan fingerprint density at radius 2 is 2.25 bits per heavy atom. The minimum Gasteiger partial charge on any atom is -0.405 e. The standard InChI is InChI=1S/C6H14N2/c1-6(8)4-2-3-5-7/h3,5-6H,2,4,7-8H2,1H3.